The summed E-state index contributed by atoms with van der Waals surface area (Å²) in [6.45, 7) is 0.362. The molecule has 0 unspecified atom stereocenters. The molecular weight excluding hydrogens is 390 g/mol. The van der Waals surface area contributed by atoms with Crippen LogP contribution in [0.4, 0.5) is 5.69 Å². The molecule has 2 aromatic carbocycles. The molecule has 20 heavy (non-hydrogen) atoms. The van der Waals surface area contributed by atoms with Crippen LogP contribution in [0.2, 0.25) is 0 Å². The summed E-state index contributed by atoms with van der Waals surface area (Å²) >= 11 is 6.88. The Morgan fingerprint density at radius 2 is 1.85 bits per heavy atom. The van der Waals surface area contributed by atoms with Gasteiger partial charge in [0.2, 0.25) is 0 Å². The summed E-state index contributed by atoms with van der Waals surface area (Å²) in [7, 11) is 0. The lowest BCUT2D eigenvalue weighted by Gasteiger charge is -2.12. The highest BCUT2D eigenvalue weighted by atomic mass is 79.9. The fourth-order valence-electron chi connectivity index (χ4n) is 1.69. The molecule has 0 heterocycles. The number of para-hydroxylation sites is 1. The van der Waals surface area contributed by atoms with E-state index in [4.69, 9.17) is 4.74 Å². The number of hydrogen-bond donors (Lipinski definition) is 0. The maximum absolute atomic E-state index is 10.6. The zero-order chi connectivity index (χ0) is 14.5. The molecule has 0 spiro atoms. The van der Waals surface area contributed by atoms with Gasteiger partial charge in [-0.25, -0.2) is 0 Å². The van der Waals surface area contributed by atoms with Gasteiger partial charge < -0.3 is 4.74 Å². The van der Waals surface area contributed by atoms with Crippen molar-refractivity contribution in [2.45, 2.75) is 11.9 Å². The van der Waals surface area contributed by atoms with Crippen LogP contribution in [0.5, 0.6) is 5.75 Å². The summed E-state index contributed by atoms with van der Waals surface area (Å²) in [5, 5.41) is 11.3. The van der Waals surface area contributed by atoms with Crippen molar-refractivity contribution < 1.29 is 9.66 Å². The number of nitro groups is 1. The molecule has 0 atom stereocenters. The van der Waals surface area contributed by atoms with E-state index in [9.17, 15) is 10.1 Å². The van der Waals surface area contributed by atoms with E-state index in [1.807, 2.05) is 18.2 Å². The van der Waals surface area contributed by atoms with Crippen LogP contribution in [0, 0.1) is 10.1 Å². The van der Waals surface area contributed by atoms with Crippen LogP contribution in [0.25, 0.3) is 0 Å². The molecule has 0 bridgehead atoms. The molecule has 2 rings (SSSR count). The van der Waals surface area contributed by atoms with Crippen molar-refractivity contribution in [2.75, 3.05) is 0 Å². The predicted molar refractivity (Wildman–Crippen MR) is 84.2 cm³/mol. The van der Waals surface area contributed by atoms with Gasteiger partial charge in [-0.3, -0.25) is 10.1 Å². The third-order valence-corrected chi connectivity index (χ3v) is 3.95. The number of alkyl halides is 1. The largest absolute Gasteiger partial charge is 0.487 e. The number of ether oxygens (including phenoxy) is 1. The summed E-state index contributed by atoms with van der Waals surface area (Å²) < 4.78 is 6.68. The minimum atomic E-state index is -0.415. The number of nitrogens with zero attached hydrogens (tertiary/aromatic N) is 1. The first-order chi connectivity index (χ1) is 9.61. The Morgan fingerprint density at radius 3 is 2.45 bits per heavy atom. The number of halogens is 2. The standard InChI is InChI=1S/C14H11Br2NO3/c15-8-11-2-1-3-13(16)14(11)20-9-10-4-6-12(7-5-10)17(18)19/h1-7H,8-9H2. The van der Waals surface area contributed by atoms with Gasteiger partial charge in [-0.1, -0.05) is 28.1 Å². The van der Waals surface area contributed by atoms with Crippen molar-refractivity contribution in [1.82, 2.24) is 0 Å². The van der Waals surface area contributed by atoms with Crippen molar-refractivity contribution >= 4 is 37.5 Å². The van der Waals surface area contributed by atoms with Crippen LogP contribution in [-0.4, -0.2) is 4.92 Å². The second-order valence-corrected chi connectivity index (χ2v) is 5.49. The maximum atomic E-state index is 10.6. The first kappa shape index (κ1) is 15.0. The molecule has 0 amide bonds. The summed E-state index contributed by atoms with van der Waals surface area (Å²) in [6, 6.07) is 12.2. The molecule has 0 aromatic heterocycles. The number of non-ortho nitro benzene ring substituents is 1. The quantitative estimate of drug-likeness (QED) is 0.410. The van der Waals surface area contributed by atoms with Crippen LogP contribution in [0.1, 0.15) is 11.1 Å². The highest BCUT2D eigenvalue weighted by Gasteiger charge is 2.08. The van der Waals surface area contributed by atoms with E-state index in [-0.39, 0.29) is 5.69 Å². The molecule has 0 saturated carbocycles. The van der Waals surface area contributed by atoms with Crippen molar-refractivity contribution in [2.24, 2.45) is 0 Å². The molecular formula is C14H11Br2NO3. The van der Waals surface area contributed by atoms with Gasteiger partial charge in [-0.05, 0) is 39.7 Å². The molecule has 6 heteroatoms. The number of nitro benzene ring substituents is 1. The van der Waals surface area contributed by atoms with E-state index < -0.39 is 4.92 Å². The summed E-state index contributed by atoms with van der Waals surface area (Å²) in [5.74, 6) is 0.780. The summed E-state index contributed by atoms with van der Waals surface area (Å²) in [5.41, 5.74) is 2.00. The second kappa shape index (κ2) is 6.85. The lowest BCUT2D eigenvalue weighted by molar-refractivity contribution is -0.384. The van der Waals surface area contributed by atoms with Gasteiger partial charge in [0.25, 0.3) is 5.69 Å². The van der Waals surface area contributed by atoms with Crippen LogP contribution in [0.15, 0.2) is 46.9 Å². The van der Waals surface area contributed by atoms with Gasteiger partial charge in [-0.15, -0.1) is 0 Å². The molecule has 0 radical (unpaired) electrons. The van der Waals surface area contributed by atoms with E-state index in [0.29, 0.717) is 11.9 Å². The second-order valence-electron chi connectivity index (χ2n) is 4.07. The van der Waals surface area contributed by atoms with Crippen molar-refractivity contribution in [1.29, 1.82) is 0 Å². The smallest absolute Gasteiger partial charge is 0.269 e. The zero-order valence-corrected chi connectivity index (χ0v) is 13.6. The lowest BCUT2D eigenvalue weighted by Crippen LogP contribution is -1.99. The van der Waals surface area contributed by atoms with Crippen molar-refractivity contribution in [3.63, 3.8) is 0 Å². The minimum absolute atomic E-state index is 0.0794. The monoisotopic (exact) mass is 399 g/mol. The Kier molecular flexibility index (Phi) is 5.14. The zero-order valence-electron chi connectivity index (χ0n) is 10.4. The van der Waals surface area contributed by atoms with Gasteiger partial charge >= 0.3 is 0 Å². The highest BCUT2D eigenvalue weighted by Crippen LogP contribution is 2.31. The van der Waals surface area contributed by atoms with Gasteiger partial charge in [0.1, 0.15) is 12.4 Å². The Hall–Kier alpha value is -1.40. The Balaban J connectivity index is 2.11. The van der Waals surface area contributed by atoms with Crippen molar-refractivity contribution in [3.05, 3.63) is 68.2 Å². The predicted octanol–water partition coefficient (Wildman–Crippen LogP) is 4.83. The first-order valence-electron chi connectivity index (χ1n) is 5.81. The molecule has 0 fully saturated rings. The average molecular weight is 401 g/mol. The molecule has 104 valence electrons. The topological polar surface area (TPSA) is 52.4 Å². The van der Waals surface area contributed by atoms with E-state index in [2.05, 4.69) is 31.9 Å². The van der Waals surface area contributed by atoms with E-state index >= 15 is 0 Å². The third-order valence-electron chi connectivity index (χ3n) is 2.72. The number of benzene rings is 2. The Bertz CT molecular complexity index is 614. The molecule has 0 aliphatic rings. The lowest BCUT2D eigenvalue weighted by atomic mass is 10.2. The molecule has 2 aromatic rings. The van der Waals surface area contributed by atoms with Crippen LogP contribution in [0.3, 0.4) is 0 Å². The number of rotatable bonds is 5. The molecule has 4 nitrogen and oxygen atoms in total. The van der Waals surface area contributed by atoms with Crippen molar-refractivity contribution in [3.8, 4) is 5.75 Å². The Labute approximate surface area is 133 Å². The SMILES string of the molecule is O=[N+]([O-])c1ccc(COc2c(Br)cccc2CBr)cc1. The molecule has 0 saturated heterocycles. The fraction of sp³-hybridized carbons (Fsp3) is 0.143. The summed E-state index contributed by atoms with van der Waals surface area (Å²) in [6.07, 6.45) is 0. The van der Waals surface area contributed by atoms with E-state index in [0.717, 1.165) is 21.3 Å². The van der Waals surface area contributed by atoms with Gasteiger partial charge in [0.05, 0.1) is 9.40 Å². The van der Waals surface area contributed by atoms with Gasteiger partial charge in [0.15, 0.2) is 0 Å². The van der Waals surface area contributed by atoms with E-state index in [1.54, 1.807) is 12.1 Å². The normalized spacial score (nSPS) is 10.3. The first-order valence-corrected chi connectivity index (χ1v) is 7.72. The van der Waals surface area contributed by atoms with Crippen LogP contribution < -0.4 is 4.74 Å². The molecule has 0 aliphatic heterocycles. The fourth-order valence-corrected chi connectivity index (χ4v) is 2.65. The number of hydrogen-bond acceptors (Lipinski definition) is 3. The maximum Gasteiger partial charge on any atom is 0.269 e. The molecule has 0 aliphatic carbocycles. The average Bonchev–Trinajstić information content (AvgIpc) is 2.46. The van der Waals surface area contributed by atoms with Crippen LogP contribution >= 0.6 is 31.9 Å². The minimum Gasteiger partial charge on any atom is -0.487 e. The van der Waals surface area contributed by atoms with Gasteiger partial charge in [0, 0.05) is 23.0 Å². The van der Waals surface area contributed by atoms with E-state index in [1.165, 1.54) is 12.1 Å². The van der Waals surface area contributed by atoms with Gasteiger partial charge in [-0.2, -0.15) is 0 Å². The highest BCUT2D eigenvalue weighted by molar-refractivity contribution is 9.10. The third kappa shape index (κ3) is 3.58. The summed E-state index contributed by atoms with van der Waals surface area (Å²) in [4.78, 5) is 10.2. The van der Waals surface area contributed by atoms with Crippen LogP contribution in [-0.2, 0) is 11.9 Å². The molecule has 0 N–H and O–H groups in total. The Morgan fingerprint density at radius 1 is 1.15 bits per heavy atom.